The Morgan fingerprint density at radius 2 is 1.88 bits per heavy atom. The van der Waals surface area contributed by atoms with E-state index in [4.69, 9.17) is 4.74 Å². The number of ether oxygens (including phenoxy) is 1. The maximum absolute atomic E-state index is 10.8. The number of nitrogens with zero attached hydrogens (tertiary/aromatic N) is 1. The summed E-state index contributed by atoms with van der Waals surface area (Å²) in [6.45, 7) is 9.46. The maximum atomic E-state index is 10.8. The highest BCUT2D eigenvalue weighted by atomic mass is 79.9. The highest BCUT2D eigenvalue weighted by Gasteiger charge is 2.18. The molecule has 1 rings (SSSR count). The fourth-order valence-corrected chi connectivity index (χ4v) is 1.46. The number of hydrogen-bond donors (Lipinski definition) is 0. The van der Waals surface area contributed by atoms with Crippen molar-refractivity contribution in [1.29, 1.82) is 0 Å². The number of hydrogen-bond acceptors (Lipinski definition) is 3. The Balaban J connectivity index is 0.00000121. The minimum Gasteiger partial charge on any atom is -0.484 e. The average molecular weight is 304 g/mol. The summed E-state index contributed by atoms with van der Waals surface area (Å²) >= 11 is 3.32. The van der Waals surface area contributed by atoms with E-state index < -0.39 is 4.92 Å². The second-order valence-corrected chi connectivity index (χ2v) is 4.35. The first kappa shape index (κ1) is 15.9. The van der Waals surface area contributed by atoms with Crippen LogP contribution in [-0.2, 0) is 0 Å². The molecule has 0 amide bonds. The molecule has 1 aromatic rings. The van der Waals surface area contributed by atoms with Gasteiger partial charge >= 0.3 is 5.69 Å². The summed E-state index contributed by atoms with van der Waals surface area (Å²) in [5, 5.41) is 10.8. The summed E-state index contributed by atoms with van der Waals surface area (Å²) < 4.78 is 6.18. The van der Waals surface area contributed by atoms with Gasteiger partial charge in [-0.1, -0.05) is 29.8 Å². The first-order valence-corrected chi connectivity index (χ1v) is 6.32. The molecule has 4 nitrogen and oxygen atoms in total. The van der Waals surface area contributed by atoms with Gasteiger partial charge in [-0.3, -0.25) is 10.1 Å². The third-order valence-electron chi connectivity index (χ3n) is 1.80. The molecule has 0 saturated heterocycles. The zero-order chi connectivity index (χ0) is 13.6. The van der Waals surface area contributed by atoms with Crippen LogP contribution in [0.1, 0.15) is 33.3 Å². The van der Waals surface area contributed by atoms with E-state index in [-0.39, 0.29) is 11.8 Å². The average Bonchev–Trinajstić information content (AvgIpc) is 2.25. The summed E-state index contributed by atoms with van der Waals surface area (Å²) in [5.41, 5.74) is 0.821. The second kappa shape index (κ2) is 7.27. The molecule has 0 unspecified atom stereocenters. The van der Waals surface area contributed by atoms with Crippen molar-refractivity contribution in [1.82, 2.24) is 0 Å². The molecule has 0 radical (unpaired) electrons. The third kappa shape index (κ3) is 4.73. The quantitative estimate of drug-likeness (QED) is 0.611. The predicted octanol–water partition coefficient (Wildman–Crippen LogP) is 4.48. The van der Waals surface area contributed by atoms with E-state index in [0.717, 1.165) is 10.0 Å². The molecule has 0 aliphatic carbocycles. The van der Waals surface area contributed by atoms with E-state index in [1.807, 2.05) is 27.7 Å². The fourth-order valence-electron chi connectivity index (χ4n) is 1.14. The first-order valence-electron chi connectivity index (χ1n) is 5.53. The van der Waals surface area contributed by atoms with E-state index in [2.05, 4.69) is 15.9 Å². The van der Waals surface area contributed by atoms with Crippen molar-refractivity contribution in [2.45, 2.75) is 40.7 Å². The number of nitro benzene ring substituents is 1. The Labute approximate surface area is 110 Å². The van der Waals surface area contributed by atoms with E-state index in [1.165, 1.54) is 6.07 Å². The van der Waals surface area contributed by atoms with Crippen LogP contribution in [0.15, 0.2) is 16.6 Å². The van der Waals surface area contributed by atoms with E-state index >= 15 is 0 Å². The highest BCUT2D eigenvalue weighted by molar-refractivity contribution is 9.10. The molecule has 1 aromatic carbocycles. The van der Waals surface area contributed by atoms with Gasteiger partial charge in [-0.15, -0.1) is 0 Å². The molecule has 0 saturated carbocycles. The van der Waals surface area contributed by atoms with E-state index in [1.54, 1.807) is 13.0 Å². The Morgan fingerprint density at radius 3 is 2.29 bits per heavy atom. The first-order chi connectivity index (χ1) is 7.91. The number of nitro groups is 1. The molecule has 5 heteroatoms. The van der Waals surface area contributed by atoms with Crippen molar-refractivity contribution in [3.63, 3.8) is 0 Å². The summed E-state index contributed by atoms with van der Waals surface area (Å²) in [4.78, 5) is 10.3. The molecule has 0 aromatic heterocycles. The van der Waals surface area contributed by atoms with Crippen molar-refractivity contribution in [3.05, 3.63) is 32.3 Å². The van der Waals surface area contributed by atoms with Gasteiger partial charge in [0.15, 0.2) is 5.75 Å². The Bertz CT molecular complexity index is 392. The SMILES string of the molecule is CC.Cc1cc([N+](=O)[O-])c(OC(C)C)cc1Br. The lowest BCUT2D eigenvalue weighted by Crippen LogP contribution is -2.07. The van der Waals surface area contributed by atoms with Crippen LogP contribution >= 0.6 is 15.9 Å². The van der Waals surface area contributed by atoms with Crippen molar-refractivity contribution in [2.75, 3.05) is 0 Å². The molecule has 0 fully saturated rings. The lowest BCUT2D eigenvalue weighted by Gasteiger charge is -2.11. The summed E-state index contributed by atoms with van der Waals surface area (Å²) in [7, 11) is 0. The molecule has 0 atom stereocenters. The van der Waals surface area contributed by atoms with E-state index in [0.29, 0.717) is 5.75 Å². The monoisotopic (exact) mass is 303 g/mol. The molecule has 0 aliphatic rings. The van der Waals surface area contributed by atoms with Crippen molar-refractivity contribution >= 4 is 21.6 Å². The van der Waals surface area contributed by atoms with Gasteiger partial charge in [0.2, 0.25) is 0 Å². The van der Waals surface area contributed by atoms with Crippen LogP contribution in [0, 0.1) is 17.0 Å². The summed E-state index contributed by atoms with van der Waals surface area (Å²) in [5.74, 6) is 0.299. The van der Waals surface area contributed by atoms with Crippen molar-refractivity contribution in [3.8, 4) is 5.75 Å². The normalized spacial score (nSPS) is 9.59. The molecular formula is C12H18BrNO3. The molecule has 0 bridgehead atoms. The van der Waals surface area contributed by atoms with Crippen LogP contribution in [0.25, 0.3) is 0 Å². The zero-order valence-corrected chi connectivity index (χ0v) is 12.4. The molecule has 0 N–H and O–H groups in total. The van der Waals surface area contributed by atoms with Gasteiger partial charge in [0.25, 0.3) is 0 Å². The number of benzene rings is 1. The molecule has 96 valence electrons. The largest absolute Gasteiger partial charge is 0.484 e. The summed E-state index contributed by atoms with van der Waals surface area (Å²) in [6, 6.07) is 3.13. The van der Waals surface area contributed by atoms with E-state index in [9.17, 15) is 10.1 Å². The summed E-state index contributed by atoms with van der Waals surface area (Å²) in [6.07, 6.45) is -0.0849. The van der Waals surface area contributed by atoms with Gasteiger partial charge in [0.05, 0.1) is 11.0 Å². The second-order valence-electron chi connectivity index (χ2n) is 3.49. The van der Waals surface area contributed by atoms with Crippen LogP contribution in [0.2, 0.25) is 0 Å². The maximum Gasteiger partial charge on any atom is 0.311 e. The number of halogens is 1. The Morgan fingerprint density at radius 1 is 1.35 bits per heavy atom. The molecule has 0 heterocycles. The van der Waals surface area contributed by atoms with Crippen LogP contribution < -0.4 is 4.74 Å². The topological polar surface area (TPSA) is 52.4 Å². The van der Waals surface area contributed by atoms with Crippen molar-refractivity contribution < 1.29 is 9.66 Å². The molecular weight excluding hydrogens is 286 g/mol. The third-order valence-corrected chi connectivity index (χ3v) is 2.65. The van der Waals surface area contributed by atoms with Crippen molar-refractivity contribution in [2.24, 2.45) is 0 Å². The Hall–Kier alpha value is -1.10. The standard InChI is InChI=1S/C10H12BrNO3.C2H6/c1-6(2)15-10-5-8(11)7(3)4-9(10)12(13)14;1-2/h4-6H,1-3H3;1-2H3. The van der Waals surface area contributed by atoms with Gasteiger partial charge in [-0.2, -0.15) is 0 Å². The van der Waals surface area contributed by atoms with Crippen LogP contribution in [-0.4, -0.2) is 11.0 Å². The molecule has 0 spiro atoms. The van der Waals surface area contributed by atoms with Gasteiger partial charge < -0.3 is 4.74 Å². The highest BCUT2D eigenvalue weighted by Crippen LogP contribution is 2.33. The van der Waals surface area contributed by atoms with Gasteiger partial charge in [0, 0.05) is 16.6 Å². The fraction of sp³-hybridized carbons (Fsp3) is 0.500. The van der Waals surface area contributed by atoms with Crippen LogP contribution in [0.5, 0.6) is 5.75 Å². The van der Waals surface area contributed by atoms with Crippen LogP contribution in [0.3, 0.4) is 0 Å². The Kier molecular flexibility index (Phi) is 6.80. The van der Waals surface area contributed by atoms with Gasteiger partial charge in [-0.25, -0.2) is 0 Å². The minimum absolute atomic E-state index is 0.00407. The predicted molar refractivity (Wildman–Crippen MR) is 72.6 cm³/mol. The van der Waals surface area contributed by atoms with Crippen LogP contribution in [0.4, 0.5) is 5.69 Å². The molecule has 17 heavy (non-hydrogen) atoms. The lowest BCUT2D eigenvalue weighted by molar-refractivity contribution is -0.386. The molecule has 0 aliphatic heterocycles. The smallest absolute Gasteiger partial charge is 0.311 e. The lowest BCUT2D eigenvalue weighted by atomic mass is 10.2. The minimum atomic E-state index is -0.433. The number of rotatable bonds is 3. The van der Waals surface area contributed by atoms with Gasteiger partial charge in [-0.05, 0) is 26.3 Å². The number of aryl methyl sites for hydroxylation is 1. The zero-order valence-electron chi connectivity index (χ0n) is 10.8. The van der Waals surface area contributed by atoms with Gasteiger partial charge in [0.1, 0.15) is 0 Å².